The van der Waals surface area contributed by atoms with Crippen LogP contribution in [0.3, 0.4) is 0 Å². The first-order valence-electron chi connectivity index (χ1n) is 7.08. The van der Waals surface area contributed by atoms with Crippen molar-refractivity contribution in [3.05, 3.63) is 22.1 Å². The Morgan fingerprint density at radius 1 is 1.32 bits per heavy atom. The molecule has 0 aromatic carbocycles. The lowest BCUT2D eigenvalue weighted by atomic mass is 10.2. The minimum absolute atomic E-state index is 0.0240. The Labute approximate surface area is 133 Å². The largest absolute Gasteiger partial charge is 0.289 e. The highest BCUT2D eigenvalue weighted by Crippen LogP contribution is 2.19. The summed E-state index contributed by atoms with van der Waals surface area (Å²) >= 11 is 0.890. The number of terminal acetylenes is 1. The van der Waals surface area contributed by atoms with E-state index in [-0.39, 0.29) is 20.6 Å². The topological polar surface area (TPSA) is 81.4 Å². The van der Waals surface area contributed by atoms with E-state index in [1.165, 1.54) is 10.7 Å². The van der Waals surface area contributed by atoms with Crippen LogP contribution in [0.15, 0.2) is 15.3 Å². The summed E-state index contributed by atoms with van der Waals surface area (Å²) in [6, 6.07) is 0. The van der Waals surface area contributed by atoms with E-state index in [4.69, 9.17) is 6.42 Å². The highest BCUT2D eigenvalue weighted by Gasteiger charge is 2.20. The molecule has 0 aliphatic rings. The number of hydrogen-bond donors (Lipinski definition) is 0. The first kappa shape index (κ1) is 16.6. The predicted molar refractivity (Wildman–Crippen MR) is 85.9 cm³/mol. The minimum Gasteiger partial charge on any atom is -0.266 e. The van der Waals surface area contributed by atoms with E-state index in [0.717, 1.165) is 37.0 Å². The lowest BCUT2D eigenvalue weighted by Crippen LogP contribution is -2.12. The lowest BCUT2D eigenvalue weighted by molar-refractivity contribution is 0.584. The molecule has 0 aliphatic carbocycles. The Kier molecular flexibility index (Phi) is 5.32. The number of sulfone groups is 1. The van der Waals surface area contributed by atoms with E-state index in [9.17, 15) is 13.2 Å². The van der Waals surface area contributed by atoms with Gasteiger partial charge in [-0.05, 0) is 6.42 Å². The van der Waals surface area contributed by atoms with E-state index >= 15 is 0 Å². The molecule has 2 heterocycles. The maximum Gasteiger partial charge on any atom is 0.289 e. The molecular weight excluding hydrogens is 322 g/mol. The van der Waals surface area contributed by atoms with Gasteiger partial charge in [0, 0.05) is 0 Å². The van der Waals surface area contributed by atoms with Gasteiger partial charge in [-0.2, -0.15) is 4.98 Å². The van der Waals surface area contributed by atoms with Crippen molar-refractivity contribution < 1.29 is 8.42 Å². The molecule has 0 amide bonds. The average Bonchev–Trinajstić information content (AvgIpc) is 2.89. The molecule has 2 rings (SSSR count). The Morgan fingerprint density at radius 2 is 2.05 bits per heavy atom. The smallest absolute Gasteiger partial charge is 0.266 e. The molecule has 0 radical (unpaired) electrons. The van der Waals surface area contributed by atoms with Gasteiger partial charge in [0.25, 0.3) is 5.56 Å². The Bertz CT molecular complexity index is 860. The summed E-state index contributed by atoms with van der Waals surface area (Å²) in [6.45, 7) is 2.11. The monoisotopic (exact) mass is 339 g/mol. The van der Waals surface area contributed by atoms with Crippen molar-refractivity contribution in [3.63, 3.8) is 0 Å². The van der Waals surface area contributed by atoms with Crippen molar-refractivity contribution in [1.82, 2.24) is 14.6 Å². The van der Waals surface area contributed by atoms with Crippen molar-refractivity contribution in [2.75, 3.05) is 5.75 Å². The molecule has 0 aliphatic heterocycles. The van der Waals surface area contributed by atoms with Crippen LogP contribution in [-0.2, 0) is 9.84 Å². The highest BCUT2D eigenvalue weighted by atomic mass is 32.2. The van der Waals surface area contributed by atoms with E-state index in [1.54, 1.807) is 0 Å². The van der Waals surface area contributed by atoms with Crippen LogP contribution in [-0.4, -0.2) is 28.8 Å². The van der Waals surface area contributed by atoms with Crippen molar-refractivity contribution in [3.8, 4) is 12.3 Å². The fraction of sp³-hybridized carbons (Fsp3) is 0.500. The van der Waals surface area contributed by atoms with Gasteiger partial charge in [0.1, 0.15) is 5.56 Å². The van der Waals surface area contributed by atoms with Gasteiger partial charge in [-0.25, -0.2) is 12.9 Å². The third-order valence-electron chi connectivity index (χ3n) is 3.18. The zero-order chi connectivity index (χ0) is 16.2. The van der Waals surface area contributed by atoms with Gasteiger partial charge in [0.2, 0.25) is 19.1 Å². The van der Waals surface area contributed by atoms with Gasteiger partial charge in [0.05, 0.1) is 11.9 Å². The third-order valence-corrected chi connectivity index (χ3v) is 6.35. The third kappa shape index (κ3) is 3.72. The quantitative estimate of drug-likeness (QED) is 0.568. The van der Waals surface area contributed by atoms with Crippen LogP contribution in [0.5, 0.6) is 0 Å². The van der Waals surface area contributed by atoms with Gasteiger partial charge >= 0.3 is 0 Å². The fourth-order valence-corrected chi connectivity index (χ4v) is 4.52. The van der Waals surface area contributed by atoms with Crippen LogP contribution in [0.4, 0.5) is 0 Å². The molecule has 0 saturated carbocycles. The SMILES string of the molecule is C#Cc1cn2nc(S(=O)(=O)CCCCCCC)sc2nc1=O. The molecule has 0 atom stereocenters. The fourth-order valence-electron chi connectivity index (χ4n) is 1.97. The van der Waals surface area contributed by atoms with Gasteiger partial charge in [-0.3, -0.25) is 4.79 Å². The summed E-state index contributed by atoms with van der Waals surface area (Å²) in [5.41, 5.74) is -0.485. The first-order valence-corrected chi connectivity index (χ1v) is 9.54. The highest BCUT2D eigenvalue weighted by molar-refractivity contribution is 7.93. The summed E-state index contributed by atoms with van der Waals surface area (Å²) in [6.07, 6.45) is 11.3. The molecule has 2 aromatic rings. The Hall–Kier alpha value is -1.72. The van der Waals surface area contributed by atoms with Crippen LogP contribution in [0.25, 0.3) is 4.96 Å². The Balaban J connectivity index is 2.19. The average molecular weight is 339 g/mol. The molecule has 0 fully saturated rings. The van der Waals surface area contributed by atoms with Crippen molar-refractivity contribution in [2.24, 2.45) is 0 Å². The van der Waals surface area contributed by atoms with Gasteiger partial charge in [-0.15, -0.1) is 11.5 Å². The first-order chi connectivity index (χ1) is 10.5. The van der Waals surface area contributed by atoms with Gasteiger partial charge in [-0.1, -0.05) is 49.9 Å². The number of aromatic nitrogens is 3. The number of rotatable bonds is 7. The second-order valence-electron chi connectivity index (χ2n) is 4.93. The number of fused-ring (bicyclic) bond motifs is 1. The second kappa shape index (κ2) is 7.03. The summed E-state index contributed by atoms with van der Waals surface area (Å²) in [5.74, 6) is 2.27. The van der Waals surface area contributed by atoms with Crippen molar-refractivity contribution in [1.29, 1.82) is 0 Å². The number of unbranched alkanes of at least 4 members (excludes halogenated alkanes) is 4. The van der Waals surface area contributed by atoms with Crippen LogP contribution >= 0.6 is 11.3 Å². The van der Waals surface area contributed by atoms with Crippen LogP contribution in [0, 0.1) is 12.3 Å². The molecule has 0 N–H and O–H groups in total. The number of nitrogens with zero attached hydrogens (tertiary/aromatic N) is 3. The van der Waals surface area contributed by atoms with E-state index < -0.39 is 15.4 Å². The lowest BCUT2D eigenvalue weighted by Gasteiger charge is -2.00. The molecule has 2 aromatic heterocycles. The van der Waals surface area contributed by atoms with E-state index in [1.807, 2.05) is 0 Å². The molecule has 0 unspecified atom stereocenters. The minimum atomic E-state index is -3.45. The normalized spacial score (nSPS) is 11.6. The number of hydrogen-bond acceptors (Lipinski definition) is 6. The van der Waals surface area contributed by atoms with Crippen LogP contribution in [0.1, 0.15) is 44.6 Å². The van der Waals surface area contributed by atoms with Gasteiger partial charge < -0.3 is 0 Å². The maximum absolute atomic E-state index is 12.3. The molecule has 22 heavy (non-hydrogen) atoms. The maximum atomic E-state index is 12.3. The molecule has 118 valence electrons. The molecule has 0 bridgehead atoms. The molecule has 0 spiro atoms. The summed E-state index contributed by atoms with van der Waals surface area (Å²) in [7, 11) is -3.45. The van der Waals surface area contributed by atoms with Gasteiger partial charge in [0.15, 0.2) is 0 Å². The van der Waals surface area contributed by atoms with Crippen LogP contribution in [0.2, 0.25) is 0 Å². The zero-order valence-electron chi connectivity index (χ0n) is 12.3. The molecule has 0 saturated heterocycles. The summed E-state index contributed by atoms with van der Waals surface area (Å²) in [4.78, 5) is 15.5. The summed E-state index contributed by atoms with van der Waals surface area (Å²) in [5, 5.41) is 4.00. The summed E-state index contributed by atoms with van der Waals surface area (Å²) < 4.78 is 25.8. The second-order valence-corrected chi connectivity index (χ2v) is 8.17. The molecular formula is C14H17N3O3S2. The van der Waals surface area contributed by atoms with Crippen molar-refractivity contribution in [2.45, 2.75) is 43.4 Å². The van der Waals surface area contributed by atoms with E-state index in [2.05, 4.69) is 22.9 Å². The van der Waals surface area contributed by atoms with E-state index in [0.29, 0.717) is 6.42 Å². The zero-order valence-corrected chi connectivity index (χ0v) is 13.9. The predicted octanol–water partition coefficient (Wildman–Crippen LogP) is 1.88. The van der Waals surface area contributed by atoms with Crippen molar-refractivity contribution >= 4 is 26.1 Å². The standard InChI is InChI=1S/C14H17N3O3S2/c1-3-5-6-7-8-9-22(19,20)14-16-17-10-11(4-2)12(18)15-13(17)21-14/h2,10H,3,5-9H2,1H3. The van der Waals surface area contributed by atoms with Crippen LogP contribution < -0.4 is 5.56 Å². The Morgan fingerprint density at radius 3 is 2.73 bits per heavy atom. The molecule has 8 heteroatoms. The molecule has 6 nitrogen and oxygen atoms in total.